The van der Waals surface area contributed by atoms with Crippen molar-refractivity contribution in [2.45, 2.75) is 32.6 Å². The summed E-state index contributed by atoms with van der Waals surface area (Å²) in [7, 11) is -3.03. The number of carbonyl (C=O) groups excluding carboxylic acids is 2. The summed E-state index contributed by atoms with van der Waals surface area (Å²) < 4.78 is 36.3. The van der Waals surface area contributed by atoms with E-state index in [9.17, 15) is 23.3 Å². The number of nitriles is 1. The van der Waals surface area contributed by atoms with E-state index in [1.165, 1.54) is 56.5 Å². The summed E-state index contributed by atoms with van der Waals surface area (Å²) in [5.74, 6) is -1.22. The molecule has 2 N–H and O–H groups in total. The largest absolute Gasteiger partial charge is 0.493 e. The van der Waals surface area contributed by atoms with Gasteiger partial charge >= 0.3 is 10.1 Å². The van der Waals surface area contributed by atoms with E-state index in [1.54, 1.807) is 0 Å². The normalized spacial score (nSPS) is 11.4. The number of ether oxygens (including phenoxy) is 1. The molecule has 0 aliphatic rings. The van der Waals surface area contributed by atoms with Crippen molar-refractivity contribution < 1.29 is 26.9 Å². The van der Waals surface area contributed by atoms with Crippen LogP contribution >= 0.6 is 11.6 Å². The number of nitrogens with zero attached hydrogens (tertiary/aromatic N) is 1. The van der Waals surface area contributed by atoms with Gasteiger partial charge in [-0.05, 0) is 79.9 Å². The fourth-order valence-electron chi connectivity index (χ4n) is 3.84. The Balaban J connectivity index is 1.90. The van der Waals surface area contributed by atoms with Gasteiger partial charge in [-0.25, -0.2) is 0 Å². The van der Waals surface area contributed by atoms with Gasteiger partial charge in [-0.15, -0.1) is 0 Å². The van der Waals surface area contributed by atoms with E-state index in [4.69, 9.17) is 20.5 Å². The Kier molecular flexibility index (Phi) is 9.01. The highest BCUT2D eigenvalue weighted by Gasteiger charge is 2.23. The van der Waals surface area contributed by atoms with Crippen molar-refractivity contribution in [2.24, 2.45) is 0 Å². The molecule has 9 nitrogen and oxygen atoms in total. The minimum atomic E-state index is -4.32. The maximum Gasteiger partial charge on any atom is 0.339 e. The number of methoxy groups -OCH3 is 1. The molecule has 0 unspecified atom stereocenters. The van der Waals surface area contributed by atoms with Crippen molar-refractivity contribution in [3.05, 3.63) is 81.4 Å². The summed E-state index contributed by atoms with van der Waals surface area (Å²) in [5, 5.41) is 14.8. The number of benzene rings is 3. The smallest absolute Gasteiger partial charge is 0.339 e. The quantitative estimate of drug-likeness (QED) is 0.207. The molecule has 0 aliphatic heterocycles. The number of halogens is 1. The number of rotatable bonds is 8. The molecule has 0 spiro atoms. The van der Waals surface area contributed by atoms with Crippen LogP contribution in [0.15, 0.2) is 59.0 Å². The van der Waals surface area contributed by atoms with Crippen LogP contribution in [-0.4, -0.2) is 27.3 Å². The average molecular weight is 568 g/mol. The Labute approximate surface area is 232 Å². The van der Waals surface area contributed by atoms with Crippen LogP contribution in [0, 0.1) is 32.1 Å². The van der Waals surface area contributed by atoms with E-state index in [0.717, 1.165) is 16.7 Å². The first-order valence-corrected chi connectivity index (χ1v) is 13.3. The highest BCUT2D eigenvalue weighted by molar-refractivity contribution is 7.87. The van der Waals surface area contributed by atoms with Crippen LogP contribution in [-0.2, 0) is 19.7 Å². The van der Waals surface area contributed by atoms with Crippen LogP contribution in [0.5, 0.6) is 11.5 Å². The third-order valence-electron chi connectivity index (χ3n) is 5.50. The predicted octanol–water partition coefficient (Wildman–Crippen LogP) is 5.55. The van der Waals surface area contributed by atoms with Gasteiger partial charge in [0.2, 0.25) is 11.7 Å². The molecule has 2 amide bonds. The van der Waals surface area contributed by atoms with Crippen LogP contribution in [0.3, 0.4) is 0 Å². The van der Waals surface area contributed by atoms with Gasteiger partial charge in [-0.2, -0.15) is 13.7 Å². The van der Waals surface area contributed by atoms with Crippen molar-refractivity contribution in [2.75, 3.05) is 17.7 Å². The lowest BCUT2D eigenvalue weighted by Crippen LogP contribution is -2.15. The van der Waals surface area contributed by atoms with Gasteiger partial charge in [0.05, 0.1) is 12.1 Å². The van der Waals surface area contributed by atoms with Gasteiger partial charge < -0.3 is 19.6 Å². The maximum absolute atomic E-state index is 12.9. The number of carbonyl (C=O) groups is 2. The van der Waals surface area contributed by atoms with Crippen molar-refractivity contribution in [1.82, 2.24) is 0 Å². The zero-order chi connectivity index (χ0) is 28.9. The standard InChI is InChI=1S/C28H26ClN3O6S/c1-16-10-17(2)26(18(3)11-16)32-28(34)21(15-30)12-20-13-24(29)27(25(14-20)37-5)38-39(35,36)23-8-6-22(7-9-23)31-19(4)33/h6-14H,1-5H3,(H,31,33)(H,32,34)/b21-12+. The Morgan fingerprint density at radius 2 is 1.62 bits per heavy atom. The van der Waals surface area contributed by atoms with E-state index < -0.39 is 16.0 Å². The van der Waals surface area contributed by atoms with Gasteiger partial charge in [0.1, 0.15) is 16.5 Å². The van der Waals surface area contributed by atoms with Crippen molar-refractivity contribution >= 4 is 51.0 Å². The van der Waals surface area contributed by atoms with Gasteiger partial charge in [0, 0.05) is 18.3 Å². The summed E-state index contributed by atoms with van der Waals surface area (Å²) in [5.41, 5.74) is 3.90. The second-order valence-electron chi connectivity index (χ2n) is 8.67. The molecular weight excluding hydrogens is 542 g/mol. The Bertz CT molecular complexity index is 1600. The Morgan fingerprint density at radius 1 is 1.00 bits per heavy atom. The minimum absolute atomic E-state index is 0.0323. The number of amides is 2. The molecule has 0 saturated heterocycles. The zero-order valence-corrected chi connectivity index (χ0v) is 23.5. The molecule has 0 aromatic heterocycles. The number of hydrogen-bond donors (Lipinski definition) is 2. The lowest BCUT2D eigenvalue weighted by atomic mass is 10.0. The first kappa shape index (κ1) is 29.2. The molecule has 0 saturated carbocycles. The van der Waals surface area contributed by atoms with Crippen LogP contribution in [0.2, 0.25) is 5.02 Å². The highest BCUT2D eigenvalue weighted by atomic mass is 35.5. The Morgan fingerprint density at radius 3 is 2.15 bits per heavy atom. The van der Waals surface area contributed by atoms with E-state index >= 15 is 0 Å². The molecule has 3 aromatic carbocycles. The average Bonchev–Trinajstić information content (AvgIpc) is 2.85. The predicted molar refractivity (Wildman–Crippen MR) is 149 cm³/mol. The molecule has 3 aromatic rings. The molecule has 0 atom stereocenters. The van der Waals surface area contributed by atoms with Crippen LogP contribution < -0.4 is 19.6 Å². The first-order chi connectivity index (χ1) is 18.3. The van der Waals surface area contributed by atoms with Crippen LogP contribution in [0.25, 0.3) is 6.08 Å². The van der Waals surface area contributed by atoms with Crippen LogP contribution in [0.4, 0.5) is 11.4 Å². The highest BCUT2D eigenvalue weighted by Crippen LogP contribution is 2.39. The fraction of sp³-hybridized carbons (Fsp3) is 0.179. The summed E-state index contributed by atoms with van der Waals surface area (Å²) >= 11 is 6.35. The topological polar surface area (TPSA) is 135 Å². The van der Waals surface area contributed by atoms with Gasteiger partial charge in [-0.1, -0.05) is 29.3 Å². The monoisotopic (exact) mass is 567 g/mol. The molecule has 0 bridgehead atoms. The zero-order valence-electron chi connectivity index (χ0n) is 21.9. The summed E-state index contributed by atoms with van der Waals surface area (Å²) in [6.07, 6.45) is 1.31. The molecule has 11 heteroatoms. The third-order valence-corrected chi connectivity index (χ3v) is 7.02. The maximum atomic E-state index is 12.9. The molecule has 3 rings (SSSR count). The number of nitrogens with one attached hydrogen (secondary N) is 2. The first-order valence-electron chi connectivity index (χ1n) is 11.5. The molecule has 39 heavy (non-hydrogen) atoms. The van der Waals surface area contributed by atoms with Gasteiger partial charge in [0.25, 0.3) is 5.91 Å². The lowest BCUT2D eigenvalue weighted by molar-refractivity contribution is -0.114. The molecule has 0 aliphatic carbocycles. The van der Waals surface area contributed by atoms with E-state index in [2.05, 4.69) is 10.6 Å². The number of anilines is 2. The van der Waals surface area contributed by atoms with E-state index in [0.29, 0.717) is 16.9 Å². The second-order valence-corrected chi connectivity index (χ2v) is 10.6. The second kappa shape index (κ2) is 12.0. The molecule has 0 radical (unpaired) electrons. The minimum Gasteiger partial charge on any atom is -0.493 e. The van der Waals surface area contributed by atoms with Gasteiger partial charge in [0.15, 0.2) is 5.75 Å². The fourth-order valence-corrected chi connectivity index (χ4v) is 5.10. The number of aryl methyl sites for hydroxylation is 3. The van der Waals surface area contributed by atoms with Crippen LogP contribution in [0.1, 0.15) is 29.2 Å². The van der Waals surface area contributed by atoms with Crippen molar-refractivity contribution in [3.63, 3.8) is 0 Å². The van der Waals surface area contributed by atoms with Crippen molar-refractivity contribution in [3.8, 4) is 17.6 Å². The lowest BCUT2D eigenvalue weighted by Gasteiger charge is -2.14. The third kappa shape index (κ3) is 7.16. The summed E-state index contributed by atoms with van der Waals surface area (Å²) in [6.45, 7) is 7.00. The van der Waals surface area contributed by atoms with Gasteiger partial charge in [-0.3, -0.25) is 9.59 Å². The molecule has 0 fully saturated rings. The summed E-state index contributed by atoms with van der Waals surface area (Å²) in [6, 6.07) is 13.8. The Hall–Kier alpha value is -4.33. The number of hydrogen-bond acceptors (Lipinski definition) is 7. The van der Waals surface area contributed by atoms with E-state index in [1.807, 2.05) is 39.0 Å². The molecule has 202 valence electrons. The van der Waals surface area contributed by atoms with Crippen molar-refractivity contribution in [1.29, 1.82) is 5.26 Å². The SMILES string of the molecule is COc1cc(/C=C(\C#N)C(=O)Nc2c(C)cc(C)cc2C)cc(Cl)c1OS(=O)(=O)c1ccc(NC(C)=O)cc1. The van der Waals surface area contributed by atoms with E-state index in [-0.39, 0.29) is 32.9 Å². The summed E-state index contributed by atoms with van der Waals surface area (Å²) in [4.78, 5) is 23.9. The molecular formula is C28H26ClN3O6S. The molecule has 0 heterocycles.